The smallest absolute Gasteiger partial charge is 0.0541 e. The highest BCUT2D eigenvalue weighted by Crippen LogP contribution is 2.48. The average Bonchev–Trinajstić information content (AvgIpc) is 4.25. The van der Waals surface area contributed by atoms with Gasteiger partial charge in [-0.15, -0.1) is 22.7 Å². The lowest BCUT2D eigenvalue weighted by atomic mass is 9.99. The zero-order chi connectivity index (χ0) is 50.8. The summed E-state index contributed by atoms with van der Waals surface area (Å²) < 4.78 is 7.51. The van der Waals surface area contributed by atoms with Crippen LogP contribution in [-0.4, -0.2) is 4.57 Å². The van der Waals surface area contributed by atoms with Gasteiger partial charge in [-0.05, 0) is 155 Å². The molecule has 0 atom stereocenters. The fourth-order valence-corrected chi connectivity index (χ4v) is 13.7. The summed E-state index contributed by atoms with van der Waals surface area (Å²) in [5.41, 5.74) is 16.9. The van der Waals surface area contributed by atoms with Crippen molar-refractivity contribution in [2.75, 3.05) is 9.80 Å². The molecule has 0 saturated carbocycles. The predicted molar refractivity (Wildman–Crippen MR) is 332 cm³/mol. The van der Waals surface area contributed by atoms with Gasteiger partial charge in [0.05, 0.1) is 11.0 Å². The maximum absolute atomic E-state index is 2.46. The van der Waals surface area contributed by atoms with Crippen molar-refractivity contribution in [3.05, 3.63) is 285 Å². The molecule has 3 aromatic heterocycles. The highest BCUT2D eigenvalue weighted by molar-refractivity contribution is 7.26. The molecule has 0 amide bonds. The number of nitrogens with zero attached hydrogens (tertiary/aromatic N) is 3. The molecule has 0 aliphatic heterocycles. The highest BCUT2D eigenvalue weighted by atomic mass is 32.1. The van der Waals surface area contributed by atoms with Crippen LogP contribution in [0.25, 0.3) is 101 Å². The van der Waals surface area contributed by atoms with Crippen molar-refractivity contribution in [1.82, 2.24) is 4.57 Å². The second-order valence-corrected chi connectivity index (χ2v) is 21.9. The van der Waals surface area contributed by atoms with E-state index in [-0.39, 0.29) is 0 Å². The number of para-hydroxylation sites is 2. The van der Waals surface area contributed by atoms with Crippen LogP contribution in [0.2, 0.25) is 0 Å². The molecule has 0 aliphatic carbocycles. The van der Waals surface area contributed by atoms with E-state index >= 15 is 0 Å². The summed E-state index contributed by atoms with van der Waals surface area (Å²) in [5, 5.41) is 7.47. The molecular weight excluding hydrogens is 971 g/mol. The Morgan fingerprint density at radius 2 is 0.623 bits per heavy atom. The van der Waals surface area contributed by atoms with Gasteiger partial charge in [0.15, 0.2) is 0 Å². The lowest BCUT2D eigenvalue weighted by Crippen LogP contribution is -2.13. The molecule has 0 aliphatic rings. The molecule has 0 fully saturated rings. The van der Waals surface area contributed by atoms with Gasteiger partial charge in [0, 0.05) is 90.9 Å². The van der Waals surface area contributed by atoms with E-state index in [1.54, 1.807) is 0 Å². The quantitative estimate of drug-likeness (QED) is 0.135. The molecule has 0 N–H and O–H groups in total. The summed E-state index contributed by atoms with van der Waals surface area (Å²) in [6.07, 6.45) is 0. The monoisotopic (exact) mass is 1020 g/mol. The molecule has 77 heavy (non-hydrogen) atoms. The van der Waals surface area contributed by atoms with E-state index in [2.05, 4.69) is 299 Å². The van der Waals surface area contributed by atoms with E-state index < -0.39 is 0 Å². The van der Waals surface area contributed by atoms with Crippen LogP contribution in [-0.2, 0) is 0 Å². The lowest BCUT2D eigenvalue weighted by molar-refractivity contribution is 1.18. The number of benzene rings is 12. The van der Waals surface area contributed by atoms with Gasteiger partial charge in [-0.1, -0.05) is 164 Å². The Morgan fingerprint density at radius 3 is 1.16 bits per heavy atom. The molecule has 0 spiro atoms. The molecule has 0 saturated heterocycles. The van der Waals surface area contributed by atoms with Gasteiger partial charge in [-0.2, -0.15) is 0 Å². The van der Waals surface area contributed by atoms with Crippen LogP contribution in [0.1, 0.15) is 0 Å². The van der Waals surface area contributed by atoms with Gasteiger partial charge in [-0.25, -0.2) is 0 Å². The fraction of sp³-hybridized carbons (Fsp3) is 0. The summed E-state index contributed by atoms with van der Waals surface area (Å²) in [6, 6.07) is 105. The Hall–Kier alpha value is -9.52. The van der Waals surface area contributed by atoms with Crippen molar-refractivity contribution in [1.29, 1.82) is 0 Å². The molecule has 12 aromatic carbocycles. The van der Waals surface area contributed by atoms with Crippen LogP contribution in [0.4, 0.5) is 34.1 Å². The SMILES string of the molecule is c1ccc(-c2ccc(N(c3cc(-c4ccc5c(c4)c4ccccc4n5-c4ccccc4)cc(N(c4ccc(-c5ccccc5)cc4)c4ccc5sc6ccccc6c5c4)c3)c3ccc4sc5ccccc5c4c3)cc2)cc1. The minimum absolute atomic E-state index is 1.05. The molecule has 15 aromatic rings. The summed E-state index contributed by atoms with van der Waals surface area (Å²) in [4.78, 5) is 4.92. The number of thiophene rings is 2. The van der Waals surface area contributed by atoms with Gasteiger partial charge >= 0.3 is 0 Å². The van der Waals surface area contributed by atoms with Crippen molar-refractivity contribution in [2.24, 2.45) is 0 Å². The van der Waals surface area contributed by atoms with Crippen molar-refractivity contribution in [3.63, 3.8) is 0 Å². The second-order valence-electron chi connectivity index (χ2n) is 19.7. The Balaban J connectivity index is 0.996. The van der Waals surface area contributed by atoms with Crippen LogP contribution in [0.3, 0.4) is 0 Å². The van der Waals surface area contributed by atoms with Gasteiger partial charge in [0.25, 0.3) is 0 Å². The van der Waals surface area contributed by atoms with Gasteiger partial charge in [0.1, 0.15) is 0 Å². The van der Waals surface area contributed by atoms with E-state index in [9.17, 15) is 0 Å². The first-order chi connectivity index (χ1) is 38.1. The van der Waals surface area contributed by atoms with E-state index in [1.807, 2.05) is 22.7 Å². The third kappa shape index (κ3) is 7.95. The number of hydrogen-bond acceptors (Lipinski definition) is 4. The summed E-state index contributed by atoms with van der Waals surface area (Å²) in [6.45, 7) is 0. The lowest BCUT2D eigenvalue weighted by Gasteiger charge is -2.30. The van der Waals surface area contributed by atoms with Crippen molar-refractivity contribution >= 4 is 119 Å². The maximum Gasteiger partial charge on any atom is 0.0541 e. The molecule has 15 rings (SSSR count). The van der Waals surface area contributed by atoms with Crippen molar-refractivity contribution < 1.29 is 0 Å². The Labute approximate surface area is 454 Å². The molecule has 0 bridgehead atoms. The van der Waals surface area contributed by atoms with Crippen molar-refractivity contribution in [2.45, 2.75) is 0 Å². The molecule has 3 nitrogen and oxygen atoms in total. The molecule has 0 radical (unpaired) electrons. The third-order valence-electron chi connectivity index (χ3n) is 15.1. The zero-order valence-corrected chi connectivity index (χ0v) is 43.4. The number of aromatic nitrogens is 1. The Bertz CT molecular complexity index is 4450. The van der Waals surface area contributed by atoms with E-state index in [4.69, 9.17) is 0 Å². The normalized spacial score (nSPS) is 11.6. The second kappa shape index (κ2) is 18.7. The minimum Gasteiger partial charge on any atom is -0.310 e. The highest BCUT2D eigenvalue weighted by Gasteiger charge is 2.23. The van der Waals surface area contributed by atoms with Gasteiger partial charge < -0.3 is 14.4 Å². The van der Waals surface area contributed by atoms with Crippen LogP contribution in [0, 0.1) is 0 Å². The Morgan fingerprint density at radius 1 is 0.221 bits per heavy atom. The predicted octanol–water partition coefficient (Wildman–Crippen LogP) is 21.5. The standard InChI is InChI=1S/C72H47N3S2/c1-4-16-48(17-5-1)50-28-33-55(34-29-50)73(57-37-40-71-65(46-57)62-23-11-14-26-69(62)76-71)59-42-53(52-32-39-68-64(44-52)61-22-10-13-25-67(61)75(68)54-20-8-3-9-21-54)43-60(45-59)74(56-35-30-51(31-36-56)49-18-6-2-7-19-49)58-38-41-72-66(47-58)63-24-12-15-27-70(63)77-72/h1-47H. The molecule has 0 unspecified atom stereocenters. The topological polar surface area (TPSA) is 11.4 Å². The summed E-state index contributed by atoms with van der Waals surface area (Å²) in [5.74, 6) is 0. The van der Waals surface area contributed by atoms with E-state index in [0.717, 1.165) is 50.9 Å². The first kappa shape index (κ1) is 44.9. The first-order valence-corrected chi connectivity index (χ1v) is 27.8. The van der Waals surface area contributed by atoms with Crippen LogP contribution in [0.15, 0.2) is 285 Å². The minimum atomic E-state index is 1.05. The summed E-state index contributed by atoms with van der Waals surface area (Å²) in [7, 11) is 0. The number of fused-ring (bicyclic) bond motifs is 9. The van der Waals surface area contributed by atoms with Crippen molar-refractivity contribution in [3.8, 4) is 39.1 Å². The number of anilines is 6. The molecule has 3 heterocycles. The fourth-order valence-electron chi connectivity index (χ4n) is 11.5. The number of hydrogen-bond donors (Lipinski definition) is 0. The third-order valence-corrected chi connectivity index (χ3v) is 17.4. The Kier molecular flexibility index (Phi) is 10.9. The summed E-state index contributed by atoms with van der Waals surface area (Å²) >= 11 is 3.70. The molecule has 5 heteroatoms. The molecule has 362 valence electrons. The van der Waals surface area contributed by atoms with Crippen LogP contribution < -0.4 is 9.80 Å². The largest absolute Gasteiger partial charge is 0.310 e. The van der Waals surface area contributed by atoms with Gasteiger partial charge in [-0.3, -0.25) is 0 Å². The van der Waals surface area contributed by atoms with E-state index in [1.165, 1.54) is 84.4 Å². The van der Waals surface area contributed by atoms with E-state index in [0.29, 0.717) is 0 Å². The zero-order valence-electron chi connectivity index (χ0n) is 41.8. The average molecular weight is 1020 g/mol. The first-order valence-electron chi connectivity index (χ1n) is 26.1. The maximum atomic E-state index is 2.46. The van der Waals surface area contributed by atoms with Crippen LogP contribution >= 0.6 is 22.7 Å². The molecular formula is C72H47N3S2. The van der Waals surface area contributed by atoms with Gasteiger partial charge in [0.2, 0.25) is 0 Å². The number of rotatable bonds is 10. The van der Waals surface area contributed by atoms with Crippen LogP contribution in [0.5, 0.6) is 0 Å².